The Morgan fingerprint density at radius 2 is 2.04 bits per heavy atom. The van der Waals surface area contributed by atoms with Crippen molar-refractivity contribution in [3.63, 3.8) is 0 Å². The quantitative estimate of drug-likeness (QED) is 0.294. The van der Waals surface area contributed by atoms with Crippen molar-refractivity contribution in [1.29, 1.82) is 0 Å². The van der Waals surface area contributed by atoms with E-state index in [-0.39, 0.29) is 19.0 Å². The number of esters is 1. The maximum absolute atomic E-state index is 12.7. The van der Waals surface area contributed by atoms with Crippen molar-refractivity contribution < 1.29 is 28.7 Å². The van der Waals surface area contributed by atoms with Gasteiger partial charge in [0.2, 0.25) is 0 Å². The van der Waals surface area contributed by atoms with Crippen LogP contribution < -0.4 is 9.47 Å². The molecule has 1 heterocycles. The molecule has 1 aliphatic rings. The standard InChI is InChI=1S/C18H24N2O7/c1-25-15-12-13(8-9-14(15)27-11-5-7-17(21)26-2)18(22)19-10-4-3-6-16(19)20(23)24/h8-9,12,16H,3-7,10-11H2,1-2H3/t16-/m1/s1. The average molecular weight is 380 g/mol. The fourth-order valence-electron chi connectivity index (χ4n) is 2.96. The molecular formula is C18H24N2O7. The number of carbonyl (C=O) groups excluding carboxylic acids is 2. The highest BCUT2D eigenvalue weighted by atomic mass is 16.6. The van der Waals surface area contributed by atoms with E-state index in [0.717, 1.165) is 12.8 Å². The fourth-order valence-corrected chi connectivity index (χ4v) is 2.96. The van der Waals surface area contributed by atoms with Gasteiger partial charge in [-0.1, -0.05) is 0 Å². The Balaban J connectivity index is 2.06. The molecule has 0 bridgehead atoms. The second-order valence-electron chi connectivity index (χ2n) is 6.15. The van der Waals surface area contributed by atoms with Gasteiger partial charge < -0.3 is 14.2 Å². The van der Waals surface area contributed by atoms with Crippen LogP contribution in [0.5, 0.6) is 11.5 Å². The minimum atomic E-state index is -0.994. The Bertz CT molecular complexity index is 692. The largest absolute Gasteiger partial charge is 0.493 e. The van der Waals surface area contributed by atoms with Crippen molar-refractivity contribution in [2.75, 3.05) is 27.4 Å². The van der Waals surface area contributed by atoms with E-state index >= 15 is 0 Å². The summed E-state index contributed by atoms with van der Waals surface area (Å²) in [5.74, 6) is 0.0808. The molecule has 1 amide bonds. The SMILES string of the molecule is COC(=O)CCCOc1ccc(C(=O)N2CCCC[C@H]2[N+](=O)[O-])cc1OC. The van der Waals surface area contributed by atoms with Crippen LogP contribution in [0.1, 0.15) is 42.5 Å². The zero-order valence-electron chi connectivity index (χ0n) is 15.5. The number of methoxy groups -OCH3 is 2. The third kappa shape index (κ3) is 5.32. The Morgan fingerprint density at radius 3 is 2.70 bits per heavy atom. The van der Waals surface area contributed by atoms with E-state index in [1.807, 2.05) is 0 Å². The van der Waals surface area contributed by atoms with E-state index in [0.29, 0.717) is 36.4 Å². The first-order valence-electron chi connectivity index (χ1n) is 8.80. The Labute approximate surface area is 157 Å². The Morgan fingerprint density at radius 1 is 1.26 bits per heavy atom. The molecule has 1 atom stereocenters. The monoisotopic (exact) mass is 380 g/mol. The number of amides is 1. The average Bonchev–Trinajstić information content (AvgIpc) is 2.70. The van der Waals surface area contributed by atoms with Gasteiger partial charge in [0, 0.05) is 29.9 Å². The van der Waals surface area contributed by atoms with Gasteiger partial charge in [-0.2, -0.15) is 0 Å². The molecule has 0 aliphatic carbocycles. The molecule has 1 aliphatic heterocycles. The Hall–Kier alpha value is -2.84. The van der Waals surface area contributed by atoms with Crippen LogP contribution in [0.3, 0.4) is 0 Å². The summed E-state index contributed by atoms with van der Waals surface area (Å²) in [6.07, 6.45) is 1.57. The van der Waals surface area contributed by atoms with Gasteiger partial charge >= 0.3 is 5.97 Å². The molecule has 1 saturated heterocycles. The van der Waals surface area contributed by atoms with E-state index in [9.17, 15) is 19.7 Å². The molecule has 9 heteroatoms. The number of piperidine rings is 1. The molecule has 27 heavy (non-hydrogen) atoms. The second-order valence-corrected chi connectivity index (χ2v) is 6.15. The van der Waals surface area contributed by atoms with Crippen LogP contribution in [0, 0.1) is 10.1 Å². The third-order valence-electron chi connectivity index (χ3n) is 4.40. The normalized spacial score (nSPS) is 16.5. The number of hydrogen-bond donors (Lipinski definition) is 0. The molecule has 1 aromatic rings. The molecule has 0 radical (unpaired) electrons. The van der Waals surface area contributed by atoms with E-state index in [2.05, 4.69) is 4.74 Å². The van der Waals surface area contributed by atoms with Crippen molar-refractivity contribution in [3.05, 3.63) is 33.9 Å². The summed E-state index contributed by atoms with van der Waals surface area (Å²) in [4.78, 5) is 36.0. The highest BCUT2D eigenvalue weighted by Crippen LogP contribution is 2.30. The summed E-state index contributed by atoms with van der Waals surface area (Å²) in [7, 11) is 2.78. The summed E-state index contributed by atoms with van der Waals surface area (Å²) in [5.41, 5.74) is 0.308. The van der Waals surface area contributed by atoms with Crippen LogP contribution in [-0.4, -0.2) is 55.2 Å². The van der Waals surface area contributed by atoms with E-state index < -0.39 is 17.0 Å². The maximum atomic E-state index is 12.7. The molecule has 1 fully saturated rings. The number of benzene rings is 1. The summed E-state index contributed by atoms with van der Waals surface area (Å²) in [6.45, 7) is 0.646. The van der Waals surface area contributed by atoms with Gasteiger partial charge in [-0.3, -0.25) is 24.6 Å². The lowest BCUT2D eigenvalue weighted by molar-refractivity contribution is -0.548. The van der Waals surface area contributed by atoms with E-state index in [1.165, 1.54) is 25.2 Å². The van der Waals surface area contributed by atoms with E-state index in [4.69, 9.17) is 9.47 Å². The summed E-state index contributed by atoms with van der Waals surface area (Å²) < 4.78 is 15.4. The molecule has 0 saturated carbocycles. The number of rotatable bonds is 8. The van der Waals surface area contributed by atoms with Gasteiger partial charge in [-0.05, 0) is 37.5 Å². The van der Waals surface area contributed by atoms with Gasteiger partial charge in [-0.15, -0.1) is 0 Å². The lowest BCUT2D eigenvalue weighted by Crippen LogP contribution is -2.47. The fraction of sp³-hybridized carbons (Fsp3) is 0.556. The van der Waals surface area contributed by atoms with Gasteiger partial charge in [0.25, 0.3) is 12.1 Å². The number of nitro groups is 1. The summed E-state index contributed by atoms with van der Waals surface area (Å²) >= 11 is 0. The van der Waals surface area contributed by atoms with Crippen molar-refractivity contribution >= 4 is 11.9 Å². The third-order valence-corrected chi connectivity index (χ3v) is 4.40. The number of likely N-dealkylation sites (tertiary alicyclic amines) is 1. The zero-order valence-corrected chi connectivity index (χ0v) is 15.5. The number of ether oxygens (including phenoxy) is 3. The molecule has 0 aromatic heterocycles. The molecular weight excluding hydrogens is 356 g/mol. The summed E-state index contributed by atoms with van der Waals surface area (Å²) in [5, 5.41) is 11.2. The van der Waals surface area contributed by atoms with Gasteiger partial charge in [0.1, 0.15) is 0 Å². The van der Waals surface area contributed by atoms with Crippen LogP contribution >= 0.6 is 0 Å². The minimum absolute atomic E-state index is 0.243. The minimum Gasteiger partial charge on any atom is -0.493 e. The van der Waals surface area contributed by atoms with Crippen molar-refractivity contribution in [2.45, 2.75) is 38.3 Å². The number of hydrogen-bond acceptors (Lipinski definition) is 7. The first kappa shape index (κ1) is 20.5. The predicted molar refractivity (Wildman–Crippen MR) is 95.4 cm³/mol. The van der Waals surface area contributed by atoms with Crippen LogP contribution in [0.15, 0.2) is 18.2 Å². The van der Waals surface area contributed by atoms with Crippen molar-refractivity contribution in [2.24, 2.45) is 0 Å². The first-order chi connectivity index (χ1) is 13.0. The zero-order chi connectivity index (χ0) is 19.8. The lowest BCUT2D eigenvalue weighted by Gasteiger charge is -2.29. The van der Waals surface area contributed by atoms with E-state index in [1.54, 1.807) is 12.1 Å². The van der Waals surface area contributed by atoms with Gasteiger partial charge in [0.15, 0.2) is 11.5 Å². The van der Waals surface area contributed by atoms with Crippen molar-refractivity contribution in [3.8, 4) is 11.5 Å². The molecule has 0 N–H and O–H groups in total. The van der Waals surface area contributed by atoms with Gasteiger partial charge in [-0.25, -0.2) is 0 Å². The maximum Gasteiger partial charge on any atom is 0.305 e. The number of carbonyl (C=O) groups is 2. The molecule has 2 rings (SSSR count). The first-order valence-corrected chi connectivity index (χ1v) is 8.80. The van der Waals surface area contributed by atoms with Gasteiger partial charge in [0.05, 0.1) is 20.8 Å². The van der Waals surface area contributed by atoms with Crippen LogP contribution in [0.4, 0.5) is 0 Å². The molecule has 1 aromatic carbocycles. The van der Waals surface area contributed by atoms with Crippen LogP contribution in [0.25, 0.3) is 0 Å². The Kier molecular flexibility index (Phi) is 7.39. The van der Waals surface area contributed by atoms with Crippen LogP contribution in [-0.2, 0) is 9.53 Å². The van der Waals surface area contributed by atoms with Crippen LogP contribution in [0.2, 0.25) is 0 Å². The second kappa shape index (κ2) is 9.75. The topological polar surface area (TPSA) is 108 Å². The predicted octanol–water partition coefficient (Wildman–Crippen LogP) is 2.26. The van der Waals surface area contributed by atoms with Crippen molar-refractivity contribution in [1.82, 2.24) is 4.90 Å². The molecule has 0 unspecified atom stereocenters. The smallest absolute Gasteiger partial charge is 0.305 e. The highest BCUT2D eigenvalue weighted by molar-refractivity contribution is 5.95. The highest BCUT2D eigenvalue weighted by Gasteiger charge is 2.35. The molecule has 0 spiro atoms. The number of nitrogens with zero attached hydrogens (tertiary/aromatic N) is 2. The lowest BCUT2D eigenvalue weighted by atomic mass is 10.1. The molecule has 148 valence electrons. The molecule has 9 nitrogen and oxygen atoms in total. The summed E-state index contributed by atoms with van der Waals surface area (Å²) in [6, 6.07) is 4.67.